The van der Waals surface area contributed by atoms with Crippen LogP contribution in [0.5, 0.6) is 0 Å². The van der Waals surface area contributed by atoms with E-state index in [1.807, 2.05) is 7.05 Å². The van der Waals surface area contributed by atoms with Crippen molar-refractivity contribution >= 4 is 23.3 Å². The fraction of sp³-hybridized carbons (Fsp3) is 0.727. The summed E-state index contributed by atoms with van der Waals surface area (Å²) in [4.78, 5) is 4.46. The average molecular weight is 268 g/mol. The van der Waals surface area contributed by atoms with Crippen molar-refractivity contribution in [1.82, 2.24) is 14.7 Å². The Morgan fingerprint density at radius 2 is 2.53 bits per heavy atom. The van der Waals surface area contributed by atoms with Gasteiger partial charge in [-0.25, -0.2) is 4.98 Å². The number of nitrogens with zero attached hydrogens (tertiary/aromatic N) is 3. The molecule has 4 nitrogen and oxygen atoms in total. The first kappa shape index (κ1) is 12.8. The van der Waals surface area contributed by atoms with Crippen molar-refractivity contribution in [3.8, 4) is 6.07 Å². The second-order valence-electron chi connectivity index (χ2n) is 4.26. The Bertz CT molecular complexity index is 425. The smallest absolute Gasteiger partial charge is 0.170 e. The standard InChI is InChI=1S/C11H16N4S2/c1-3-9-14-10(17-15-9)16-8-4-5-11(6-8,7-12)13-2/h8,13H,3-6H2,1-2H3. The number of aryl methyl sites for hydroxylation is 1. The molecule has 0 saturated heterocycles. The summed E-state index contributed by atoms with van der Waals surface area (Å²) >= 11 is 3.25. The van der Waals surface area contributed by atoms with Gasteiger partial charge in [0.15, 0.2) is 4.34 Å². The molecule has 1 aromatic heterocycles. The molecule has 1 aliphatic carbocycles. The molecule has 17 heavy (non-hydrogen) atoms. The third-order valence-corrected chi connectivity index (χ3v) is 5.29. The number of aromatic nitrogens is 2. The lowest BCUT2D eigenvalue weighted by Gasteiger charge is -2.19. The van der Waals surface area contributed by atoms with Gasteiger partial charge in [-0.2, -0.15) is 9.64 Å². The van der Waals surface area contributed by atoms with Crippen molar-refractivity contribution in [2.45, 2.75) is 47.7 Å². The van der Waals surface area contributed by atoms with Gasteiger partial charge in [-0.05, 0) is 37.8 Å². The van der Waals surface area contributed by atoms with E-state index in [4.69, 9.17) is 0 Å². The molecule has 6 heteroatoms. The van der Waals surface area contributed by atoms with E-state index in [2.05, 4.69) is 27.7 Å². The van der Waals surface area contributed by atoms with Crippen LogP contribution in [0.2, 0.25) is 0 Å². The van der Waals surface area contributed by atoms with Crippen molar-refractivity contribution in [3.63, 3.8) is 0 Å². The summed E-state index contributed by atoms with van der Waals surface area (Å²) in [6, 6.07) is 2.40. The van der Waals surface area contributed by atoms with Gasteiger partial charge in [0, 0.05) is 11.7 Å². The molecule has 0 aromatic carbocycles. The third kappa shape index (κ3) is 2.79. The van der Waals surface area contributed by atoms with E-state index in [0.717, 1.165) is 35.8 Å². The van der Waals surface area contributed by atoms with E-state index in [1.165, 1.54) is 11.5 Å². The van der Waals surface area contributed by atoms with Gasteiger partial charge in [0.25, 0.3) is 0 Å². The number of rotatable bonds is 4. The molecule has 1 heterocycles. The summed E-state index contributed by atoms with van der Waals surface area (Å²) in [6.45, 7) is 2.06. The van der Waals surface area contributed by atoms with E-state index in [-0.39, 0.29) is 5.54 Å². The molecule has 2 unspecified atom stereocenters. The Hall–Kier alpha value is -0.640. The molecule has 1 aliphatic rings. The summed E-state index contributed by atoms with van der Waals surface area (Å²) in [6.07, 6.45) is 3.78. The Labute approximate surface area is 110 Å². The third-order valence-electron chi connectivity index (χ3n) is 3.19. The molecule has 0 radical (unpaired) electrons. The van der Waals surface area contributed by atoms with Gasteiger partial charge in [-0.15, -0.1) is 0 Å². The summed E-state index contributed by atoms with van der Waals surface area (Å²) in [5.41, 5.74) is -0.323. The number of thioether (sulfide) groups is 1. The lowest BCUT2D eigenvalue weighted by atomic mass is 10.0. The van der Waals surface area contributed by atoms with Crippen LogP contribution in [0.25, 0.3) is 0 Å². The van der Waals surface area contributed by atoms with Gasteiger partial charge in [0.1, 0.15) is 11.4 Å². The monoisotopic (exact) mass is 268 g/mol. The largest absolute Gasteiger partial charge is 0.302 e. The molecule has 0 bridgehead atoms. The Morgan fingerprint density at radius 1 is 1.71 bits per heavy atom. The van der Waals surface area contributed by atoms with Gasteiger partial charge in [-0.1, -0.05) is 18.7 Å². The van der Waals surface area contributed by atoms with E-state index in [0.29, 0.717) is 5.25 Å². The maximum atomic E-state index is 9.20. The van der Waals surface area contributed by atoms with Gasteiger partial charge < -0.3 is 5.32 Å². The Balaban J connectivity index is 1.96. The van der Waals surface area contributed by atoms with Crippen LogP contribution in [-0.4, -0.2) is 27.2 Å². The fourth-order valence-electron chi connectivity index (χ4n) is 2.06. The van der Waals surface area contributed by atoms with Crippen LogP contribution >= 0.6 is 23.3 Å². The van der Waals surface area contributed by atoms with Crippen LogP contribution in [0.3, 0.4) is 0 Å². The highest BCUT2D eigenvalue weighted by Crippen LogP contribution is 2.40. The molecule has 1 fully saturated rings. The van der Waals surface area contributed by atoms with Crippen LogP contribution in [0.1, 0.15) is 32.0 Å². The first-order valence-corrected chi connectivity index (χ1v) is 7.46. The Kier molecular flexibility index (Phi) is 4.02. The van der Waals surface area contributed by atoms with Crippen molar-refractivity contribution in [3.05, 3.63) is 5.82 Å². The van der Waals surface area contributed by atoms with Crippen molar-refractivity contribution in [2.75, 3.05) is 7.05 Å². The molecule has 1 saturated carbocycles. The quantitative estimate of drug-likeness (QED) is 0.907. The SMILES string of the molecule is CCc1nsc(SC2CCC(C#N)(NC)C2)n1. The van der Waals surface area contributed by atoms with Crippen molar-refractivity contribution in [2.24, 2.45) is 0 Å². The number of hydrogen-bond donors (Lipinski definition) is 1. The van der Waals surface area contributed by atoms with Gasteiger partial charge in [-0.3, -0.25) is 0 Å². The molecular weight excluding hydrogens is 252 g/mol. The zero-order valence-corrected chi connectivity index (χ0v) is 11.7. The molecule has 2 atom stereocenters. The molecule has 0 spiro atoms. The minimum absolute atomic E-state index is 0.323. The number of nitrogens with one attached hydrogen (secondary N) is 1. The minimum atomic E-state index is -0.323. The first-order chi connectivity index (χ1) is 8.21. The topological polar surface area (TPSA) is 61.6 Å². The predicted octanol–water partition coefficient (Wildman–Crippen LogP) is 2.23. The van der Waals surface area contributed by atoms with Crippen LogP contribution < -0.4 is 5.32 Å². The molecule has 2 rings (SSSR count). The summed E-state index contributed by atoms with van der Waals surface area (Å²) in [5, 5.41) is 12.8. The van der Waals surface area contributed by atoms with Crippen LogP contribution in [0, 0.1) is 11.3 Å². The highest BCUT2D eigenvalue weighted by molar-refractivity contribution is 8.01. The van der Waals surface area contributed by atoms with Crippen molar-refractivity contribution < 1.29 is 0 Å². The second-order valence-corrected chi connectivity index (χ2v) is 6.56. The summed E-state index contributed by atoms with van der Waals surface area (Å²) < 4.78 is 5.32. The van der Waals surface area contributed by atoms with E-state index in [9.17, 15) is 5.26 Å². The lowest BCUT2D eigenvalue weighted by Crippen LogP contribution is -2.38. The van der Waals surface area contributed by atoms with Gasteiger partial charge in [0.2, 0.25) is 0 Å². The molecule has 1 aromatic rings. The lowest BCUT2D eigenvalue weighted by molar-refractivity contribution is 0.464. The van der Waals surface area contributed by atoms with Gasteiger partial charge >= 0.3 is 0 Å². The van der Waals surface area contributed by atoms with Crippen LogP contribution in [-0.2, 0) is 6.42 Å². The van der Waals surface area contributed by atoms with E-state index >= 15 is 0 Å². The fourth-order valence-corrected chi connectivity index (χ4v) is 4.30. The average Bonchev–Trinajstić information content (AvgIpc) is 2.97. The normalized spacial score (nSPS) is 28.2. The molecule has 92 valence electrons. The number of hydrogen-bond acceptors (Lipinski definition) is 6. The highest BCUT2D eigenvalue weighted by Gasteiger charge is 2.38. The Morgan fingerprint density at radius 3 is 3.06 bits per heavy atom. The molecular formula is C11H16N4S2. The number of nitriles is 1. The van der Waals surface area contributed by atoms with E-state index < -0.39 is 0 Å². The molecule has 0 aliphatic heterocycles. The van der Waals surface area contributed by atoms with Crippen LogP contribution in [0.4, 0.5) is 0 Å². The second kappa shape index (κ2) is 5.34. The zero-order chi connectivity index (χ0) is 12.3. The first-order valence-electron chi connectivity index (χ1n) is 5.81. The molecule has 0 amide bonds. The van der Waals surface area contributed by atoms with E-state index in [1.54, 1.807) is 11.8 Å². The highest BCUT2D eigenvalue weighted by atomic mass is 32.2. The van der Waals surface area contributed by atoms with Gasteiger partial charge in [0.05, 0.1) is 6.07 Å². The van der Waals surface area contributed by atoms with Crippen LogP contribution in [0.15, 0.2) is 4.34 Å². The summed E-state index contributed by atoms with van der Waals surface area (Å²) in [7, 11) is 1.87. The van der Waals surface area contributed by atoms with Crippen molar-refractivity contribution in [1.29, 1.82) is 5.26 Å². The minimum Gasteiger partial charge on any atom is -0.302 e. The summed E-state index contributed by atoms with van der Waals surface area (Å²) in [5.74, 6) is 0.927. The predicted molar refractivity (Wildman–Crippen MR) is 70.2 cm³/mol. The molecule has 1 N–H and O–H groups in total. The zero-order valence-electron chi connectivity index (χ0n) is 10.1. The maximum absolute atomic E-state index is 9.20. The maximum Gasteiger partial charge on any atom is 0.170 e.